The van der Waals surface area contributed by atoms with Crippen molar-refractivity contribution in [3.05, 3.63) is 29.8 Å². The lowest BCUT2D eigenvalue weighted by Gasteiger charge is -2.18. The molecule has 20 heavy (non-hydrogen) atoms. The van der Waals surface area contributed by atoms with Crippen LogP contribution in [0.3, 0.4) is 0 Å². The van der Waals surface area contributed by atoms with E-state index in [1.54, 1.807) is 24.3 Å². The fraction of sp³-hybridized carbons (Fsp3) is 0.500. The summed E-state index contributed by atoms with van der Waals surface area (Å²) in [6.07, 6.45) is 0.482. The number of halogens is 1. The summed E-state index contributed by atoms with van der Waals surface area (Å²) in [5.41, 5.74) is 0.985. The Labute approximate surface area is 129 Å². The zero-order valence-corrected chi connectivity index (χ0v) is 14.3. The Morgan fingerprint density at radius 3 is 2.25 bits per heavy atom. The fourth-order valence-corrected chi connectivity index (χ4v) is 3.41. The molecule has 1 N–H and O–H groups in total. The average molecular weight is 362 g/mol. The molecular formula is C14H20BrNO3S. The highest BCUT2D eigenvalue weighted by Gasteiger charge is 2.25. The lowest BCUT2D eigenvalue weighted by atomic mass is 10.0. The molecule has 0 aliphatic heterocycles. The lowest BCUT2D eigenvalue weighted by Crippen LogP contribution is -2.42. The van der Waals surface area contributed by atoms with E-state index in [1.807, 2.05) is 20.8 Å². The van der Waals surface area contributed by atoms with Crippen molar-refractivity contribution in [2.24, 2.45) is 5.92 Å². The van der Waals surface area contributed by atoms with Gasteiger partial charge >= 0.3 is 0 Å². The minimum absolute atomic E-state index is 0.140. The Kier molecular flexibility index (Phi) is 6.36. The third-order valence-electron chi connectivity index (χ3n) is 2.86. The summed E-state index contributed by atoms with van der Waals surface area (Å²) in [6, 6.07) is 5.86. The predicted octanol–water partition coefficient (Wildman–Crippen LogP) is 2.65. The van der Waals surface area contributed by atoms with Gasteiger partial charge in [0.05, 0.1) is 16.3 Å². The van der Waals surface area contributed by atoms with E-state index in [9.17, 15) is 13.2 Å². The van der Waals surface area contributed by atoms with Crippen LogP contribution in [0, 0.1) is 12.8 Å². The van der Waals surface area contributed by atoms with E-state index in [4.69, 9.17) is 0 Å². The van der Waals surface area contributed by atoms with Gasteiger partial charge < -0.3 is 0 Å². The van der Waals surface area contributed by atoms with E-state index in [1.165, 1.54) is 0 Å². The molecule has 112 valence electrons. The van der Waals surface area contributed by atoms with Crippen LogP contribution in [-0.4, -0.2) is 25.6 Å². The van der Waals surface area contributed by atoms with Crippen LogP contribution in [0.2, 0.25) is 0 Å². The molecule has 1 aromatic carbocycles. The lowest BCUT2D eigenvalue weighted by molar-refractivity contribution is -0.118. The molecule has 0 bridgehead atoms. The summed E-state index contributed by atoms with van der Waals surface area (Å²) >= 11 is 3.09. The van der Waals surface area contributed by atoms with Crippen LogP contribution < -0.4 is 4.72 Å². The molecule has 0 aromatic heterocycles. The van der Waals surface area contributed by atoms with E-state index in [2.05, 4.69) is 20.7 Å². The summed E-state index contributed by atoms with van der Waals surface area (Å²) in [7, 11) is -3.67. The molecule has 1 aromatic rings. The van der Waals surface area contributed by atoms with Crippen LogP contribution in [0.25, 0.3) is 0 Å². The molecule has 0 radical (unpaired) electrons. The zero-order chi connectivity index (χ0) is 15.3. The van der Waals surface area contributed by atoms with Crippen LogP contribution in [0.5, 0.6) is 0 Å². The molecule has 1 unspecified atom stereocenters. The SMILES string of the molecule is Cc1ccc(S(=O)(=O)NC(CC(C)C)C(=O)CBr)cc1. The van der Waals surface area contributed by atoms with Crippen molar-refractivity contribution in [2.75, 3.05) is 5.33 Å². The first-order chi connectivity index (χ1) is 9.26. The van der Waals surface area contributed by atoms with E-state index in [0.717, 1.165) is 5.56 Å². The van der Waals surface area contributed by atoms with Gasteiger partial charge in [-0.3, -0.25) is 4.79 Å². The third kappa shape index (κ3) is 5.00. The van der Waals surface area contributed by atoms with Gasteiger partial charge in [-0.15, -0.1) is 0 Å². The molecule has 6 heteroatoms. The van der Waals surface area contributed by atoms with E-state index < -0.39 is 16.1 Å². The maximum atomic E-state index is 12.3. The van der Waals surface area contributed by atoms with Gasteiger partial charge in [0.1, 0.15) is 0 Å². The van der Waals surface area contributed by atoms with Gasteiger partial charge in [-0.2, -0.15) is 0 Å². The van der Waals surface area contributed by atoms with Gasteiger partial charge in [0.25, 0.3) is 0 Å². The molecule has 0 saturated heterocycles. The molecule has 0 heterocycles. The highest BCUT2D eigenvalue weighted by atomic mass is 79.9. The number of ketones is 1. The van der Waals surface area contributed by atoms with Crippen LogP contribution in [0.4, 0.5) is 0 Å². The molecule has 1 rings (SSSR count). The van der Waals surface area contributed by atoms with Crippen molar-refractivity contribution in [3.63, 3.8) is 0 Å². The van der Waals surface area contributed by atoms with Gasteiger partial charge in [-0.1, -0.05) is 47.5 Å². The second kappa shape index (κ2) is 7.33. The zero-order valence-electron chi connectivity index (χ0n) is 11.9. The molecule has 4 nitrogen and oxygen atoms in total. The van der Waals surface area contributed by atoms with Gasteiger partial charge in [-0.05, 0) is 31.4 Å². The number of carbonyl (C=O) groups excluding carboxylic acids is 1. The third-order valence-corrected chi connectivity index (χ3v) is 4.90. The van der Waals surface area contributed by atoms with Crippen molar-refractivity contribution < 1.29 is 13.2 Å². The van der Waals surface area contributed by atoms with Crippen molar-refractivity contribution >= 4 is 31.7 Å². The van der Waals surface area contributed by atoms with Crippen LogP contribution in [-0.2, 0) is 14.8 Å². The molecule has 0 amide bonds. The van der Waals surface area contributed by atoms with Crippen LogP contribution in [0.15, 0.2) is 29.2 Å². The Morgan fingerprint density at radius 1 is 1.25 bits per heavy atom. The summed E-state index contributed by atoms with van der Waals surface area (Å²) < 4.78 is 27.1. The van der Waals surface area contributed by atoms with E-state index in [-0.39, 0.29) is 21.9 Å². The number of rotatable bonds is 7. The van der Waals surface area contributed by atoms with E-state index in [0.29, 0.717) is 6.42 Å². The van der Waals surface area contributed by atoms with Gasteiger partial charge in [-0.25, -0.2) is 13.1 Å². The molecule has 1 atom stereocenters. The molecule has 0 aliphatic rings. The van der Waals surface area contributed by atoms with Crippen molar-refractivity contribution in [1.82, 2.24) is 4.72 Å². The van der Waals surface area contributed by atoms with Crippen LogP contribution >= 0.6 is 15.9 Å². The number of hydrogen-bond donors (Lipinski definition) is 1. The van der Waals surface area contributed by atoms with E-state index >= 15 is 0 Å². The number of nitrogens with one attached hydrogen (secondary N) is 1. The quantitative estimate of drug-likeness (QED) is 0.759. The summed E-state index contributed by atoms with van der Waals surface area (Å²) in [5.74, 6) is 0.0677. The Bertz CT molecular complexity index is 552. The monoisotopic (exact) mass is 361 g/mol. The second-order valence-corrected chi connectivity index (χ2v) is 7.49. The van der Waals surface area contributed by atoms with Crippen molar-refractivity contribution in [3.8, 4) is 0 Å². The predicted molar refractivity (Wildman–Crippen MR) is 83.5 cm³/mol. The smallest absolute Gasteiger partial charge is 0.241 e. The minimum Gasteiger partial charge on any atom is -0.297 e. The summed E-state index contributed by atoms with van der Waals surface area (Å²) in [6.45, 7) is 5.79. The number of hydrogen-bond acceptors (Lipinski definition) is 3. The average Bonchev–Trinajstić information content (AvgIpc) is 2.36. The highest BCUT2D eigenvalue weighted by Crippen LogP contribution is 2.14. The second-order valence-electron chi connectivity index (χ2n) is 5.22. The first-order valence-corrected chi connectivity index (χ1v) is 9.04. The normalized spacial score (nSPS) is 13.4. The van der Waals surface area contributed by atoms with Gasteiger partial charge in [0, 0.05) is 0 Å². The highest BCUT2D eigenvalue weighted by molar-refractivity contribution is 9.09. The summed E-state index contributed by atoms with van der Waals surface area (Å²) in [5, 5.41) is 0.140. The summed E-state index contributed by atoms with van der Waals surface area (Å²) in [4.78, 5) is 12.0. The number of carbonyl (C=O) groups is 1. The van der Waals surface area contributed by atoms with Crippen molar-refractivity contribution in [2.45, 2.75) is 38.1 Å². The Balaban J connectivity index is 2.96. The fourth-order valence-electron chi connectivity index (χ4n) is 1.78. The number of benzene rings is 1. The molecule has 0 aliphatic carbocycles. The number of sulfonamides is 1. The first-order valence-electron chi connectivity index (χ1n) is 6.44. The van der Waals surface area contributed by atoms with Crippen LogP contribution in [0.1, 0.15) is 25.8 Å². The number of aryl methyl sites for hydroxylation is 1. The standard InChI is InChI=1S/C14H20BrNO3S/c1-10(2)8-13(14(17)9-15)16-20(18,19)12-6-4-11(3)5-7-12/h4-7,10,13,16H,8-9H2,1-3H3. The molecular weight excluding hydrogens is 342 g/mol. The largest absolute Gasteiger partial charge is 0.297 e. The maximum Gasteiger partial charge on any atom is 0.241 e. The number of alkyl halides is 1. The Hall–Kier alpha value is -0.720. The molecule has 0 fully saturated rings. The van der Waals surface area contributed by atoms with Gasteiger partial charge in [0.15, 0.2) is 5.78 Å². The first kappa shape index (κ1) is 17.3. The number of Topliss-reactive ketones (excluding diaryl/α,β-unsaturated/α-hetero) is 1. The van der Waals surface area contributed by atoms with Gasteiger partial charge in [0.2, 0.25) is 10.0 Å². The maximum absolute atomic E-state index is 12.3. The van der Waals surface area contributed by atoms with Crippen molar-refractivity contribution in [1.29, 1.82) is 0 Å². The molecule has 0 spiro atoms. The Morgan fingerprint density at radius 2 is 1.80 bits per heavy atom. The topological polar surface area (TPSA) is 63.2 Å². The minimum atomic E-state index is -3.67. The molecule has 0 saturated carbocycles.